The summed E-state index contributed by atoms with van der Waals surface area (Å²) in [6.45, 7) is 2.82. The molecule has 10 rings (SSSR count). The smallest absolute Gasteiger partial charge is 0.422 e. The molecule has 2 fully saturated rings. The first-order chi connectivity index (χ1) is 41.8. The Morgan fingerprint density at radius 1 is 0.656 bits per heavy atom. The number of hydrogen-bond acceptors (Lipinski definition) is 16. The number of pyridine rings is 2. The summed E-state index contributed by atoms with van der Waals surface area (Å²) in [6.07, 6.45) is -10.1. The van der Waals surface area contributed by atoms with Crippen LogP contribution in [-0.4, -0.2) is 92.2 Å². The summed E-state index contributed by atoms with van der Waals surface area (Å²) in [4.78, 5) is 38.8. The second-order valence-corrected chi connectivity index (χ2v) is 22.4. The van der Waals surface area contributed by atoms with Crippen molar-refractivity contribution in [3.05, 3.63) is 163 Å². The first kappa shape index (κ1) is 68.6. The van der Waals surface area contributed by atoms with Gasteiger partial charge in [0.15, 0.2) is 40.3 Å². The van der Waals surface area contributed by atoms with Crippen LogP contribution in [0.15, 0.2) is 107 Å². The Morgan fingerprint density at radius 3 is 1.41 bits per heavy atom. The molecular weight excluding hydrogens is 1230 g/mol. The number of fused-ring (bicyclic) bond motifs is 2. The first-order valence-electron chi connectivity index (χ1n) is 26.9. The van der Waals surface area contributed by atoms with Gasteiger partial charge in [-0.1, -0.05) is 16.4 Å². The van der Waals surface area contributed by atoms with Crippen LogP contribution in [0.1, 0.15) is 116 Å². The number of nitrogens with two attached hydrogens (primary N) is 1. The van der Waals surface area contributed by atoms with Crippen molar-refractivity contribution in [1.29, 1.82) is 0 Å². The molecule has 0 bridgehead atoms. The van der Waals surface area contributed by atoms with Gasteiger partial charge in [0, 0.05) is 56.0 Å². The van der Waals surface area contributed by atoms with E-state index in [-0.39, 0.29) is 101 Å². The Labute approximate surface area is 508 Å². The Hall–Kier alpha value is -8.86. The quantitative estimate of drug-likeness (QED) is 0.0160. The van der Waals surface area contributed by atoms with Crippen LogP contribution in [0.2, 0.25) is 0 Å². The highest BCUT2D eigenvalue weighted by Crippen LogP contribution is 2.51. The average Bonchev–Trinajstić information content (AvgIpc) is 1.44. The summed E-state index contributed by atoms with van der Waals surface area (Å²) in [5, 5.41) is 26.1. The first-order valence-corrected chi connectivity index (χ1v) is 28.2. The van der Waals surface area contributed by atoms with Crippen LogP contribution in [0.25, 0.3) is 43.4 Å². The predicted octanol–water partition coefficient (Wildman–Crippen LogP) is 13.3. The molecule has 4 aliphatic rings. The zero-order valence-corrected chi connectivity index (χ0v) is 48.2. The van der Waals surface area contributed by atoms with E-state index < -0.39 is 105 Å². The number of azide groups is 2. The second-order valence-electron chi connectivity index (χ2n) is 21.4. The minimum Gasteiger partial charge on any atom is -0.493 e. The van der Waals surface area contributed by atoms with E-state index >= 15 is 0 Å². The normalized spacial score (nSPS) is 18.6. The van der Waals surface area contributed by atoms with E-state index in [0.717, 1.165) is 62.1 Å². The summed E-state index contributed by atoms with van der Waals surface area (Å²) < 4.78 is 179. The maximum Gasteiger partial charge on any atom is 0.422 e. The number of aliphatic hydroxyl groups is 2. The Morgan fingerprint density at radius 2 is 1.06 bits per heavy atom. The fourth-order valence-corrected chi connectivity index (χ4v) is 9.43. The van der Waals surface area contributed by atoms with Gasteiger partial charge in [-0.2, -0.15) is 34.8 Å². The van der Waals surface area contributed by atoms with Crippen LogP contribution in [-0.2, 0) is 32.7 Å². The topological polar surface area (TPSA) is 313 Å². The fraction of sp³-hybridized carbons (Fsp3) is 0.390. The number of carbonyl (C=O) groups is 2. The van der Waals surface area contributed by atoms with Crippen LogP contribution in [0, 0.1) is 11.6 Å². The molecule has 4 heterocycles. The van der Waals surface area contributed by atoms with Gasteiger partial charge in [0.05, 0.1) is 47.9 Å². The molecule has 0 amide bonds. The molecule has 4 aromatic carbocycles. The van der Waals surface area contributed by atoms with Gasteiger partial charge in [0.1, 0.15) is 47.5 Å². The third-order valence-electron chi connectivity index (χ3n) is 14.6. The molecular formula is C59H58F9N9O12S. The highest BCUT2D eigenvalue weighted by Gasteiger charge is 2.58. The van der Waals surface area contributed by atoms with E-state index in [2.05, 4.69) is 20.0 Å². The molecule has 0 saturated heterocycles. The number of benzene rings is 4. The molecule has 31 heteroatoms. The standard InChI is InChI=1S/C29H26F4N4O5.C29H28F4N2O5.CH4.FN3O2S/c1-27(36-37-34)15-41-26-20(27)14-24(35-25(26)16-3-6-18(30)7-4-16)28(39,29(31,32)33)12-11-21(38)17-5-10-22(23(13-17)40-2)42-19-8-9-19;1-27(34)15-39-26-20(27)14-24(35-25(26)16-3-6-18(30)7-4-16)28(37,29(31,32)33)12-11-21(36)17-5-10-22(23(13-17)38-2)40-19-8-9-19;;1-7(5,6)4-3-2/h3-7,10,13-14,19,39H,8-9,11-12,15H2,1-2H3;3-7,10,13-14,19,37H,8-9,11-12,15,34H2,1-2H3;1H4;/t2*27-,28-;;/m00../s1. The van der Waals surface area contributed by atoms with Gasteiger partial charge in [0.25, 0.3) is 0 Å². The van der Waals surface area contributed by atoms with Gasteiger partial charge >= 0.3 is 22.8 Å². The number of methoxy groups -OCH3 is 2. The van der Waals surface area contributed by atoms with Gasteiger partial charge in [-0.15, -0.1) is 0 Å². The molecule has 4 N–H and O–H groups in total. The van der Waals surface area contributed by atoms with Gasteiger partial charge in [0.2, 0.25) is 11.2 Å². The lowest BCUT2D eigenvalue weighted by atomic mass is 9.86. The van der Waals surface area contributed by atoms with E-state index in [1.54, 1.807) is 22.4 Å². The highest BCUT2D eigenvalue weighted by atomic mass is 32.3. The van der Waals surface area contributed by atoms with E-state index in [4.69, 9.17) is 53.6 Å². The zero-order valence-electron chi connectivity index (χ0n) is 47.4. The van der Waals surface area contributed by atoms with E-state index in [9.17, 15) is 58.8 Å². The second kappa shape index (κ2) is 26.7. The summed E-state index contributed by atoms with van der Waals surface area (Å²) in [6, 6.07) is 20.5. The summed E-state index contributed by atoms with van der Waals surface area (Å²) >= 11 is 0. The molecule has 2 aromatic heterocycles. The molecule has 2 saturated carbocycles. The Bertz CT molecular complexity index is 3880. The molecule has 0 radical (unpaired) electrons. The predicted molar refractivity (Wildman–Crippen MR) is 305 cm³/mol. The molecule has 4 atom stereocenters. The van der Waals surface area contributed by atoms with Crippen molar-refractivity contribution < 1.29 is 95.7 Å². The number of Topliss-reactive ketones (excluding diaryl/α,β-unsaturated/α-hetero) is 2. The van der Waals surface area contributed by atoms with Crippen molar-refractivity contribution in [2.24, 2.45) is 15.4 Å². The lowest BCUT2D eigenvalue weighted by Gasteiger charge is -2.31. The minimum atomic E-state index is -5.26. The molecule has 21 nitrogen and oxygen atoms in total. The molecule has 90 heavy (non-hydrogen) atoms. The van der Waals surface area contributed by atoms with Gasteiger partial charge in [-0.3, -0.25) is 9.59 Å². The van der Waals surface area contributed by atoms with Gasteiger partial charge in [-0.25, -0.2) is 18.7 Å². The van der Waals surface area contributed by atoms with Crippen molar-refractivity contribution in [3.63, 3.8) is 0 Å². The Kier molecular flexibility index (Phi) is 20.4. The largest absolute Gasteiger partial charge is 0.493 e. The molecule has 6 aromatic rings. The number of halogens is 9. The molecule has 0 spiro atoms. The van der Waals surface area contributed by atoms with E-state index in [0.29, 0.717) is 11.5 Å². The molecule has 2 aliphatic carbocycles. The monoisotopic (exact) mass is 1290 g/mol. The van der Waals surface area contributed by atoms with Crippen LogP contribution in [0.4, 0.5) is 39.0 Å². The maximum atomic E-state index is 14.6. The third kappa shape index (κ3) is 15.4. The fourth-order valence-electron chi connectivity index (χ4n) is 9.34. The number of hydrogen-bond donors (Lipinski definition) is 3. The minimum absolute atomic E-state index is 0. The van der Waals surface area contributed by atoms with E-state index in [1.165, 1.54) is 75.7 Å². The van der Waals surface area contributed by atoms with Crippen LogP contribution >= 0.6 is 0 Å². The molecule has 0 unspecified atom stereocenters. The number of rotatable bonds is 20. The summed E-state index contributed by atoms with van der Waals surface area (Å²) in [5.41, 5.74) is 12.2. The van der Waals surface area contributed by atoms with Crippen molar-refractivity contribution in [2.75, 3.05) is 27.4 Å². The van der Waals surface area contributed by atoms with Gasteiger partial charge in [-0.05, 0) is 160 Å². The maximum absolute atomic E-state index is 14.6. The highest BCUT2D eigenvalue weighted by molar-refractivity contribution is 7.84. The average molecular weight is 1290 g/mol. The van der Waals surface area contributed by atoms with Crippen LogP contribution in [0.5, 0.6) is 34.5 Å². The number of aromatic nitrogens is 2. The number of ether oxygens (including phenoxy) is 6. The van der Waals surface area contributed by atoms with Crippen molar-refractivity contribution in [1.82, 2.24) is 9.97 Å². The molecule has 2 aliphatic heterocycles. The summed E-state index contributed by atoms with van der Waals surface area (Å²) in [7, 11) is -2.18. The van der Waals surface area contributed by atoms with E-state index in [1.807, 2.05) is 0 Å². The number of carbonyl (C=O) groups excluding carboxylic acids is 2. The third-order valence-corrected chi connectivity index (χ3v) is 14.9. The SMILES string of the molecule is C.COc1cc(C(=O)CC[C@](O)(c2cc3c(c(-c4ccc(F)cc4)n2)OC[C@]3(C)N)C(F)(F)F)ccc1OC1CC1.COc1cc(C(=O)CC[C@](O)(c2cc3c(c(-c4ccc(F)cc4)n2)OC[C@]3(C)N=[N+]=[N-])C(F)(F)F)ccc1OC1CC1.[N-]=[N+]=NS(=O)(=O)F. The summed E-state index contributed by atoms with van der Waals surface area (Å²) in [5.74, 6) is -0.822. The van der Waals surface area contributed by atoms with Crippen LogP contribution in [0.3, 0.4) is 0 Å². The Balaban J connectivity index is 0.000000229. The number of alkyl halides is 6. The number of ketones is 2. The van der Waals surface area contributed by atoms with Crippen molar-refractivity contribution in [2.45, 2.75) is 119 Å². The lowest BCUT2D eigenvalue weighted by Crippen LogP contribution is -2.44. The zero-order chi connectivity index (χ0) is 65.1. The lowest BCUT2D eigenvalue weighted by molar-refractivity contribution is -0.270. The van der Waals surface area contributed by atoms with Gasteiger partial charge < -0.3 is 44.4 Å². The molecule has 480 valence electrons. The van der Waals surface area contributed by atoms with Crippen molar-refractivity contribution >= 4 is 22.0 Å². The number of nitrogens with zero attached hydrogens (tertiary/aromatic N) is 8. The van der Waals surface area contributed by atoms with Crippen molar-refractivity contribution in [3.8, 4) is 57.0 Å². The van der Waals surface area contributed by atoms with Crippen LogP contribution < -0.4 is 34.2 Å².